The molecule has 4 saturated carbocycles. The minimum absolute atomic E-state index is 0.258. The van der Waals surface area contributed by atoms with E-state index in [0.29, 0.717) is 16.9 Å². The second-order valence-electron chi connectivity index (χ2n) is 14.9. The van der Waals surface area contributed by atoms with Gasteiger partial charge in [-0.3, -0.25) is 0 Å². The van der Waals surface area contributed by atoms with Crippen molar-refractivity contribution in [2.24, 2.45) is 46.3 Å². The first-order chi connectivity index (χ1) is 16.7. The van der Waals surface area contributed by atoms with E-state index in [2.05, 4.69) is 46.7 Å². The summed E-state index contributed by atoms with van der Waals surface area (Å²) in [5, 5.41) is 0. The highest BCUT2D eigenvalue weighted by atomic mass is 16.7. The highest BCUT2D eigenvalue weighted by Crippen LogP contribution is 2.69. The Kier molecular flexibility index (Phi) is 7.73. The van der Waals surface area contributed by atoms with Gasteiger partial charge in [0.15, 0.2) is 5.79 Å². The fourth-order valence-corrected chi connectivity index (χ4v) is 10.1. The highest BCUT2D eigenvalue weighted by molar-refractivity contribution is 5.10. The molecular formula is C32H57NO2. The van der Waals surface area contributed by atoms with Gasteiger partial charge < -0.3 is 14.4 Å². The topological polar surface area (TPSA) is 21.7 Å². The number of hydrogen-bond acceptors (Lipinski definition) is 3. The zero-order valence-electron chi connectivity index (χ0n) is 24.1. The molecule has 0 aromatic heterocycles. The van der Waals surface area contributed by atoms with Gasteiger partial charge in [-0.25, -0.2) is 0 Å². The molecule has 5 rings (SSSR count). The van der Waals surface area contributed by atoms with E-state index in [1.54, 1.807) is 0 Å². The number of ether oxygens (including phenoxy) is 2. The Morgan fingerprint density at radius 2 is 1.66 bits per heavy atom. The number of unbranched alkanes of at least 4 members (excludes halogenated alkanes) is 1. The summed E-state index contributed by atoms with van der Waals surface area (Å²) in [7, 11) is 4.31. The minimum Gasteiger partial charge on any atom is -0.347 e. The van der Waals surface area contributed by atoms with E-state index in [4.69, 9.17) is 9.47 Å². The van der Waals surface area contributed by atoms with E-state index in [9.17, 15) is 0 Å². The lowest BCUT2D eigenvalue weighted by atomic mass is 9.44. The maximum atomic E-state index is 6.68. The van der Waals surface area contributed by atoms with Crippen LogP contribution in [0.1, 0.15) is 118 Å². The van der Waals surface area contributed by atoms with Crippen molar-refractivity contribution < 1.29 is 9.47 Å². The molecule has 0 amide bonds. The van der Waals surface area contributed by atoms with Gasteiger partial charge in [-0.15, -0.1) is 0 Å². The largest absolute Gasteiger partial charge is 0.347 e. The molecule has 0 N–H and O–H groups in total. The van der Waals surface area contributed by atoms with Crippen molar-refractivity contribution in [2.75, 3.05) is 27.2 Å². The van der Waals surface area contributed by atoms with Gasteiger partial charge in [-0.05, 0) is 118 Å². The van der Waals surface area contributed by atoms with E-state index >= 15 is 0 Å². The van der Waals surface area contributed by atoms with Gasteiger partial charge in [0.2, 0.25) is 0 Å². The first-order valence-corrected chi connectivity index (χ1v) is 15.6. The maximum absolute atomic E-state index is 6.68. The van der Waals surface area contributed by atoms with Crippen LogP contribution in [0.25, 0.3) is 0 Å². The van der Waals surface area contributed by atoms with Gasteiger partial charge >= 0.3 is 0 Å². The van der Waals surface area contributed by atoms with Crippen molar-refractivity contribution in [3.63, 3.8) is 0 Å². The summed E-state index contributed by atoms with van der Waals surface area (Å²) in [5.41, 5.74) is 1.15. The molecule has 0 aromatic rings. The molecule has 9 unspecified atom stereocenters. The van der Waals surface area contributed by atoms with Crippen LogP contribution in [0.5, 0.6) is 0 Å². The summed E-state index contributed by atoms with van der Waals surface area (Å²) in [6.45, 7) is 12.1. The van der Waals surface area contributed by atoms with Crippen LogP contribution in [0.3, 0.4) is 0 Å². The second-order valence-corrected chi connectivity index (χ2v) is 14.9. The summed E-state index contributed by atoms with van der Waals surface area (Å²) in [5.74, 6) is 5.34. The van der Waals surface area contributed by atoms with Crippen molar-refractivity contribution in [3.8, 4) is 0 Å². The Morgan fingerprint density at radius 3 is 2.43 bits per heavy atom. The van der Waals surface area contributed by atoms with Crippen molar-refractivity contribution in [3.05, 3.63) is 0 Å². The fourth-order valence-electron chi connectivity index (χ4n) is 10.1. The molecule has 1 heterocycles. The van der Waals surface area contributed by atoms with E-state index in [1.165, 1.54) is 70.6 Å². The molecule has 202 valence electrons. The third-order valence-electron chi connectivity index (χ3n) is 12.3. The van der Waals surface area contributed by atoms with Crippen molar-refractivity contribution in [2.45, 2.75) is 129 Å². The molecule has 1 aliphatic heterocycles. The Hall–Kier alpha value is -0.120. The van der Waals surface area contributed by atoms with Gasteiger partial charge in [0.1, 0.15) is 0 Å². The molecule has 0 radical (unpaired) electrons. The molecule has 5 fully saturated rings. The normalized spacial score (nSPS) is 47.3. The standard InChI is InChI=1S/C32H57NO2/c1-23(2)9-7-8-10-24-12-14-28-27-13-11-25-21-32(34-22-26(35-32)16-20-33(5)6)19-18-31(25,4)29(27)15-17-30(24,28)3/h23-29H,7-22H2,1-6H3. The lowest BCUT2D eigenvalue weighted by Gasteiger charge is -2.62. The number of fused-ring (bicyclic) bond motifs is 5. The maximum Gasteiger partial charge on any atom is 0.169 e. The number of rotatable bonds is 8. The Labute approximate surface area is 217 Å². The summed E-state index contributed by atoms with van der Waals surface area (Å²) < 4.78 is 13.2. The molecule has 1 saturated heterocycles. The Morgan fingerprint density at radius 1 is 0.857 bits per heavy atom. The predicted molar refractivity (Wildman–Crippen MR) is 145 cm³/mol. The molecule has 9 atom stereocenters. The smallest absolute Gasteiger partial charge is 0.169 e. The quantitative estimate of drug-likeness (QED) is 0.324. The Balaban J connectivity index is 1.20. The van der Waals surface area contributed by atoms with Crippen LogP contribution < -0.4 is 0 Å². The monoisotopic (exact) mass is 487 g/mol. The third-order valence-corrected chi connectivity index (χ3v) is 12.3. The van der Waals surface area contributed by atoms with Crippen molar-refractivity contribution in [1.29, 1.82) is 0 Å². The first-order valence-electron chi connectivity index (χ1n) is 15.6. The fraction of sp³-hybridized carbons (Fsp3) is 1.00. The van der Waals surface area contributed by atoms with Gasteiger partial charge in [0.25, 0.3) is 0 Å². The average molecular weight is 488 g/mol. The van der Waals surface area contributed by atoms with E-state index in [0.717, 1.165) is 67.9 Å². The highest BCUT2D eigenvalue weighted by Gasteiger charge is 2.62. The second kappa shape index (κ2) is 10.2. The predicted octanol–water partition coefficient (Wildman–Crippen LogP) is 7.93. The van der Waals surface area contributed by atoms with Crippen LogP contribution in [0.15, 0.2) is 0 Å². The average Bonchev–Trinajstić information content (AvgIpc) is 3.36. The van der Waals surface area contributed by atoms with E-state index in [-0.39, 0.29) is 5.79 Å². The van der Waals surface area contributed by atoms with Gasteiger partial charge in [-0.1, -0.05) is 47.0 Å². The molecule has 3 heteroatoms. The van der Waals surface area contributed by atoms with Crippen molar-refractivity contribution >= 4 is 0 Å². The minimum atomic E-state index is -0.258. The SMILES string of the molecule is CC(C)CCCCC1CCC2C3CCC4CC5(CCC4(C)C3CCC12C)OCC(CCN(C)C)O5. The third kappa shape index (κ3) is 5.01. The lowest BCUT2D eigenvalue weighted by molar-refractivity contribution is -0.236. The van der Waals surface area contributed by atoms with Crippen LogP contribution in [0.4, 0.5) is 0 Å². The van der Waals surface area contributed by atoms with Crippen molar-refractivity contribution in [1.82, 2.24) is 4.90 Å². The number of hydrogen-bond donors (Lipinski definition) is 0. The molecule has 35 heavy (non-hydrogen) atoms. The lowest BCUT2D eigenvalue weighted by Crippen LogP contribution is -2.56. The Bertz CT molecular complexity index is 722. The molecule has 1 spiro atoms. The molecule has 0 bridgehead atoms. The summed E-state index contributed by atoms with van der Waals surface area (Å²) in [6.07, 6.45) is 19.8. The van der Waals surface area contributed by atoms with Gasteiger partial charge in [-0.2, -0.15) is 0 Å². The molecule has 3 nitrogen and oxygen atoms in total. The van der Waals surface area contributed by atoms with Crippen LogP contribution in [-0.4, -0.2) is 44.0 Å². The van der Waals surface area contributed by atoms with Crippen LogP contribution in [-0.2, 0) is 9.47 Å². The molecule has 0 aromatic carbocycles. The van der Waals surface area contributed by atoms with E-state index in [1.807, 2.05) is 0 Å². The molecular weight excluding hydrogens is 430 g/mol. The van der Waals surface area contributed by atoms with Gasteiger partial charge in [0.05, 0.1) is 12.7 Å². The van der Waals surface area contributed by atoms with E-state index < -0.39 is 0 Å². The molecule has 4 aliphatic carbocycles. The zero-order chi connectivity index (χ0) is 24.8. The number of nitrogens with zero attached hydrogens (tertiary/aromatic N) is 1. The summed E-state index contributed by atoms with van der Waals surface area (Å²) in [6, 6.07) is 0. The summed E-state index contributed by atoms with van der Waals surface area (Å²) in [4.78, 5) is 2.27. The van der Waals surface area contributed by atoms with Crippen LogP contribution in [0, 0.1) is 46.3 Å². The first kappa shape index (κ1) is 26.5. The van der Waals surface area contributed by atoms with Crippen LogP contribution in [0.2, 0.25) is 0 Å². The summed E-state index contributed by atoms with van der Waals surface area (Å²) >= 11 is 0. The van der Waals surface area contributed by atoms with Crippen LogP contribution >= 0.6 is 0 Å². The zero-order valence-corrected chi connectivity index (χ0v) is 24.1. The van der Waals surface area contributed by atoms with Gasteiger partial charge in [0, 0.05) is 19.4 Å². The molecule has 5 aliphatic rings.